The Bertz CT molecular complexity index is 418. The summed E-state index contributed by atoms with van der Waals surface area (Å²) in [7, 11) is 0. The Hall–Kier alpha value is -1.16. The zero-order valence-corrected chi connectivity index (χ0v) is 13.0. The number of aromatic nitrogens is 1. The second-order valence-electron chi connectivity index (χ2n) is 5.04. The van der Waals surface area contributed by atoms with Gasteiger partial charge in [0.05, 0.1) is 0 Å². The Morgan fingerprint density at radius 3 is 2.74 bits per heavy atom. The van der Waals surface area contributed by atoms with Crippen LogP contribution in [0.25, 0.3) is 0 Å². The Morgan fingerprint density at radius 2 is 2.16 bits per heavy atom. The summed E-state index contributed by atoms with van der Waals surface area (Å²) in [5.41, 5.74) is 7.50. The number of unbranched alkanes of at least 4 members (excludes halogenated alkanes) is 1. The lowest BCUT2D eigenvalue weighted by Gasteiger charge is -2.16. The average molecular weight is 279 g/mol. The highest BCUT2D eigenvalue weighted by molar-refractivity contribution is 7.80. The molecule has 19 heavy (non-hydrogen) atoms. The summed E-state index contributed by atoms with van der Waals surface area (Å²) in [6.07, 6.45) is 5.01. The monoisotopic (exact) mass is 279 g/mol. The lowest BCUT2D eigenvalue weighted by molar-refractivity contribution is 0.472. The molecule has 0 bridgehead atoms. The second kappa shape index (κ2) is 8.10. The number of nitrogens with one attached hydrogen (secondary N) is 1. The van der Waals surface area contributed by atoms with Crippen molar-refractivity contribution in [1.29, 1.82) is 0 Å². The van der Waals surface area contributed by atoms with E-state index in [0.29, 0.717) is 10.9 Å². The first kappa shape index (κ1) is 15.9. The molecule has 0 fully saturated rings. The standard InChI is InChI=1S/C15H25N3S/c1-4-6-7-12(5-2)10-17-14-9-13(15(16)19)8-11(3)18-14/h8-9,12H,4-7,10H2,1-3H3,(H2,16,19)(H,17,18). The van der Waals surface area contributed by atoms with Gasteiger partial charge in [0.2, 0.25) is 0 Å². The van der Waals surface area contributed by atoms with Crippen LogP contribution in [-0.2, 0) is 0 Å². The molecular formula is C15H25N3S. The van der Waals surface area contributed by atoms with Crippen molar-refractivity contribution >= 4 is 23.0 Å². The van der Waals surface area contributed by atoms with Crippen molar-refractivity contribution in [2.45, 2.75) is 46.5 Å². The first-order valence-corrected chi connectivity index (χ1v) is 7.50. The van der Waals surface area contributed by atoms with Crippen molar-refractivity contribution in [2.24, 2.45) is 11.7 Å². The molecule has 0 saturated heterocycles. The van der Waals surface area contributed by atoms with Crippen molar-refractivity contribution in [1.82, 2.24) is 4.98 Å². The van der Waals surface area contributed by atoms with E-state index in [1.54, 1.807) is 0 Å². The molecule has 106 valence electrons. The summed E-state index contributed by atoms with van der Waals surface area (Å²) in [6, 6.07) is 3.85. The normalized spacial score (nSPS) is 12.2. The van der Waals surface area contributed by atoms with E-state index in [1.165, 1.54) is 25.7 Å². The van der Waals surface area contributed by atoms with Crippen LogP contribution in [0.1, 0.15) is 50.8 Å². The topological polar surface area (TPSA) is 50.9 Å². The minimum absolute atomic E-state index is 0.423. The fraction of sp³-hybridized carbons (Fsp3) is 0.600. The van der Waals surface area contributed by atoms with Crippen LogP contribution in [0, 0.1) is 12.8 Å². The van der Waals surface area contributed by atoms with E-state index in [4.69, 9.17) is 18.0 Å². The second-order valence-corrected chi connectivity index (χ2v) is 5.48. The van der Waals surface area contributed by atoms with Gasteiger partial charge in [-0.1, -0.05) is 45.3 Å². The van der Waals surface area contributed by atoms with Crippen molar-refractivity contribution in [3.05, 3.63) is 23.4 Å². The molecule has 4 heteroatoms. The number of nitrogens with zero attached hydrogens (tertiary/aromatic N) is 1. The van der Waals surface area contributed by atoms with Gasteiger partial charge in [0.15, 0.2) is 0 Å². The number of rotatable bonds is 8. The third-order valence-electron chi connectivity index (χ3n) is 3.35. The van der Waals surface area contributed by atoms with Crippen LogP contribution < -0.4 is 11.1 Å². The Morgan fingerprint density at radius 1 is 1.42 bits per heavy atom. The zero-order chi connectivity index (χ0) is 14.3. The molecule has 1 aromatic rings. The van der Waals surface area contributed by atoms with Crippen LogP contribution in [0.3, 0.4) is 0 Å². The van der Waals surface area contributed by atoms with Crippen LogP contribution in [0.2, 0.25) is 0 Å². The van der Waals surface area contributed by atoms with Gasteiger partial charge in [-0.05, 0) is 31.4 Å². The van der Waals surface area contributed by atoms with Gasteiger partial charge in [-0.15, -0.1) is 0 Å². The predicted octanol–water partition coefficient (Wildman–Crippen LogP) is 3.65. The highest BCUT2D eigenvalue weighted by Gasteiger charge is 2.07. The first-order valence-electron chi connectivity index (χ1n) is 7.09. The molecule has 1 rings (SSSR count). The van der Waals surface area contributed by atoms with Crippen molar-refractivity contribution in [2.75, 3.05) is 11.9 Å². The summed E-state index contributed by atoms with van der Waals surface area (Å²) in [4.78, 5) is 4.90. The van der Waals surface area contributed by atoms with Gasteiger partial charge in [-0.2, -0.15) is 0 Å². The fourth-order valence-corrected chi connectivity index (χ4v) is 2.21. The van der Waals surface area contributed by atoms with Gasteiger partial charge in [0.25, 0.3) is 0 Å². The molecule has 0 aliphatic rings. The Kier molecular flexibility index (Phi) is 6.78. The highest BCUT2D eigenvalue weighted by Crippen LogP contribution is 2.15. The lowest BCUT2D eigenvalue weighted by atomic mass is 9.99. The molecule has 0 spiro atoms. The molecule has 0 amide bonds. The number of nitrogens with two attached hydrogens (primary N) is 1. The summed E-state index contributed by atoms with van der Waals surface area (Å²) >= 11 is 5.02. The van der Waals surface area contributed by atoms with Crippen LogP contribution in [0.15, 0.2) is 12.1 Å². The molecular weight excluding hydrogens is 254 g/mol. The number of aryl methyl sites for hydroxylation is 1. The van der Waals surface area contributed by atoms with E-state index in [2.05, 4.69) is 24.1 Å². The third-order valence-corrected chi connectivity index (χ3v) is 3.59. The van der Waals surface area contributed by atoms with Crippen LogP contribution in [0.4, 0.5) is 5.82 Å². The maximum atomic E-state index is 5.68. The molecule has 0 aliphatic carbocycles. The van der Waals surface area contributed by atoms with Crippen LogP contribution >= 0.6 is 12.2 Å². The molecule has 0 aliphatic heterocycles. The maximum absolute atomic E-state index is 5.68. The van der Waals surface area contributed by atoms with E-state index < -0.39 is 0 Å². The van der Waals surface area contributed by atoms with E-state index in [9.17, 15) is 0 Å². The summed E-state index contributed by atoms with van der Waals surface area (Å²) in [5.74, 6) is 1.58. The largest absolute Gasteiger partial charge is 0.389 e. The van der Waals surface area contributed by atoms with E-state index in [0.717, 1.165) is 23.6 Å². The molecule has 3 N–H and O–H groups in total. The van der Waals surface area contributed by atoms with E-state index >= 15 is 0 Å². The molecule has 0 saturated carbocycles. The quantitative estimate of drug-likeness (QED) is 0.713. The molecule has 1 heterocycles. The molecule has 3 nitrogen and oxygen atoms in total. The first-order chi connectivity index (χ1) is 9.06. The maximum Gasteiger partial charge on any atom is 0.126 e. The smallest absolute Gasteiger partial charge is 0.126 e. The van der Waals surface area contributed by atoms with Gasteiger partial charge in [0, 0.05) is 17.8 Å². The summed E-state index contributed by atoms with van der Waals surface area (Å²) in [6.45, 7) is 7.40. The molecule has 1 unspecified atom stereocenters. The minimum Gasteiger partial charge on any atom is -0.389 e. The molecule has 1 atom stereocenters. The predicted molar refractivity (Wildman–Crippen MR) is 86.7 cm³/mol. The number of anilines is 1. The van der Waals surface area contributed by atoms with E-state index in [1.807, 2.05) is 19.1 Å². The molecule has 1 aromatic heterocycles. The van der Waals surface area contributed by atoms with Crippen molar-refractivity contribution in [3.63, 3.8) is 0 Å². The van der Waals surface area contributed by atoms with Crippen molar-refractivity contribution in [3.8, 4) is 0 Å². The summed E-state index contributed by atoms with van der Waals surface area (Å²) < 4.78 is 0. The van der Waals surface area contributed by atoms with Crippen molar-refractivity contribution < 1.29 is 0 Å². The zero-order valence-electron chi connectivity index (χ0n) is 12.2. The van der Waals surface area contributed by atoms with Gasteiger partial charge >= 0.3 is 0 Å². The molecule has 0 radical (unpaired) electrons. The van der Waals surface area contributed by atoms with Gasteiger partial charge in [-0.3, -0.25) is 0 Å². The average Bonchev–Trinajstić information content (AvgIpc) is 2.38. The number of pyridine rings is 1. The number of hydrogen-bond donors (Lipinski definition) is 2. The number of thiocarbonyl (C=S) groups is 1. The fourth-order valence-electron chi connectivity index (χ4n) is 2.09. The van der Waals surface area contributed by atoms with Crippen LogP contribution in [0.5, 0.6) is 0 Å². The van der Waals surface area contributed by atoms with Gasteiger partial charge < -0.3 is 11.1 Å². The highest BCUT2D eigenvalue weighted by atomic mass is 32.1. The summed E-state index contributed by atoms with van der Waals surface area (Å²) in [5, 5.41) is 3.41. The Balaban J connectivity index is 2.63. The minimum atomic E-state index is 0.423. The van der Waals surface area contributed by atoms with Gasteiger partial charge in [-0.25, -0.2) is 4.98 Å². The lowest BCUT2D eigenvalue weighted by Crippen LogP contribution is -2.16. The Labute approximate surface area is 122 Å². The third kappa shape index (κ3) is 5.55. The number of hydrogen-bond acceptors (Lipinski definition) is 3. The van der Waals surface area contributed by atoms with Gasteiger partial charge in [0.1, 0.15) is 10.8 Å². The van der Waals surface area contributed by atoms with E-state index in [-0.39, 0.29) is 0 Å². The van der Waals surface area contributed by atoms with Crippen LogP contribution in [-0.4, -0.2) is 16.5 Å². The SMILES string of the molecule is CCCCC(CC)CNc1cc(C(N)=S)cc(C)n1. The molecule has 0 aromatic carbocycles.